The second-order valence-electron chi connectivity index (χ2n) is 6.74. The number of methoxy groups -OCH3 is 2. The zero-order valence-corrected chi connectivity index (χ0v) is 15.7. The van der Waals surface area contributed by atoms with Crippen LogP contribution in [0.3, 0.4) is 0 Å². The van der Waals surface area contributed by atoms with Gasteiger partial charge in [-0.3, -0.25) is 4.90 Å². The van der Waals surface area contributed by atoms with E-state index in [9.17, 15) is 4.39 Å². The van der Waals surface area contributed by atoms with Crippen molar-refractivity contribution in [3.8, 4) is 11.5 Å². The molecule has 2 aromatic carbocycles. The highest BCUT2D eigenvalue weighted by atomic mass is 19.1. The summed E-state index contributed by atoms with van der Waals surface area (Å²) in [7, 11) is 3.32. The van der Waals surface area contributed by atoms with Crippen molar-refractivity contribution in [3.63, 3.8) is 0 Å². The highest BCUT2D eigenvalue weighted by Crippen LogP contribution is 2.28. The Balaban J connectivity index is 1.56. The Kier molecular flexibility index (Phi) is 5.99. The molecule has 0 aliphatic carbocycles. The van der Waals surface area contributed by atoms with Gasteiger partial charge in [-0.2, -0.15) is 0 Å². The van der Waals surface area contributed by atoms with Crippen LogP contribution in [0.25, 0.3) is 0 Å². The number of ether oxygens (including phenoxy) is 2. The SMILES string of the molecule is COc1ccc(C[C@H](C)N2CCN(c3ccc(F)cc3)CC2)cc1OC. The van der Waals surface area contributed by atoms with E-state index in [0.29, 0.717) is 6.04 Å². The van der Waals surface area contributed by atoms with Crippen LogP contribution in [0.4, 0.5) is 10.1 Å². The van der Waals surface area contributed by atoms with Gasteiger partial charge < -0.3 is 14.4 Å². The Hall–Kier alpha value is -2.27. The minimum Gasteiger partial charge on any atom is -0.493 e. The first kappa shape index (κ1) is 18.5. The number of anilines is 1. The molecule has 0 unspecified atom stereocenters. The predicted octanol–water partition coefficient (Wildman–Crippen LogP) is 3.60. The lowest BCUT2D eigenvalue weighted by Gasteiger charge is -2.39. The van der Waals surface area contributed by atoms with E-state index in [2.05, 4.69) is 28.9 Å². The van der Waals surface area contributed by atoms with Crippen LogP contribution in [0.1, 0.15) is 12.5 Å². The van der Waals surface area contributed by atoms with Gasteiger partial charge in [0, 0.05) is 37.9 Å². The molecule has 140 valence electrons. The van der Waals surface area contributed by atoms with Crippen LogP contribution in [0.2, 0.25) is 0 Å². The third kappa shape index (κ3) is 4.28. The van der Waals surface area contributed by atoms with E-state index in [-0.39, 0.29) is 5.82 Å². The van der Waals surface area contributed by atoms with E-state index in [1.165, 1.54) is 17.7 Å². The van der Waals surface area contributed by atoms with Crippen LogP contribution in [0.5, 0.6) is 11.5 Å². The van der Waals surface area contributed by atoms with Crippen molar-refractivity contribution in [2.45, 2.75) is 19.4 Å². The smallest absolute Gasteiger partial charge is 0.160 e. The average Bonchev–Trinajstić information content (AvgIpc) is 2.68. The lowest BCUT2D eigenvalue weighted by Crippen LogP contribution is -2.50. The predicted molar refractivity (Wildman–Crippen MR) is 103 cm³/mol. The summed E-state index contributed by atoms with van der Waals surface area (Å²) in [5.74, 6) is 1.35. The number of hydrogen-bond donors (Lipinski definition) is 0. The molecular formula is C21H27FN2O2. The van der Waals surface area contributed by atoms with Gasteiger partial charge in [0.05, 0.1) is 14.2 Å². The molecule has 0 spiro atoms. The van der Waals surface area contributed by atoms with Gasteiger partial charge in [-0.25, -0.2) is 4.39 Å². The van der Waals surface area contributed by atoms with E-state index in [1.54, 1.807) is 14.2 Å². The number of piperazine rings is 1. The zero-order chi connectivity index (χ0) is 18.5. The number of hydrogen-bond acceptors (Lipinski definition) is 4. The highest BCUT2D eigenvalue weighted by molar-refractivity contribution is 5.46. The molecule has 1 heterocycles. The quantitative estimate of drug-likeness (QED) is 0.788. The Morgan fingerprint density at radius 2 is 1.58 bits per heavy atom. The molecule has 0 aromatic heterocycles. The van der Waals surface area contributed by atoms with Gasteiger partial charge in [0.1, 0.15) is 5.82 Å². The molecule has 0 bridgehead atoms. The van der Waals surface area contributed by atoms with Crippen LogP contribution in [-0.4, -0.2) is 51.3 Å². The van der Waals surface area contributed by atoms with Crippen LogP contribution in [-0.2, 0) is 6.42 Å². The van der Waals surface area contributed by atoms with Gasteiger partial charge in [-0.05, 0) is 55.3 Å². The van der Waals surface area contributed by atoms with E-state index < -0.39 is 0 Å². The fraction of sp³-hybridized carbons (Fsp3) is 0.429. The Morgan fingerprint density at radius 3 is 2.19 bits per heavy atom. The number of benzene rings is 2. The first-order valence-electron chi connectivity index (χ1n) is 9.06. The third-order valence-electron chi connectivity index (χ3n) is 5.11. The van der Waals surface area contributed by atoms with Gasteiger partial charge in [-0.1, -0.05) is 6.07 Å². The summed E-state index contributed by atoms with van der Waals surface area (Å²) in [4.78, 5) is 4.83. The summed E-state index contributed by atoms with van der Waals surface area (Å²) >= 11 is 0. The van der Waals surface area contributed by atoms with Gasteiger partial charge >= 0.3 is 0 Å². The average molecular weight is 358 g/mol. The first-order valence-corrected chi connectivity index (χ1v) is 9.06. The van der Waals surface area contributed by atoms with Gasteiger partial charge in [0.25, 0.3) is 0 Å². The molecule has 0 N–H and O–H groups in total. The second kappa shape index (κ2) is 8.41. The molecule has 4 nitrogen and oxygen atoms in total. The molecule has 1 aliphatic rings. The van der Waals surface area contributed by atoms with Crippen LogP contribution in [0.15, 0.2) is 42.5 Å². The van der Waals surface area contributed by atoms with E-state index in [1.807, 2.05) is 18.2 Å². The second-order valence-corrected chi connectivity index (χ2v) is 6.74. The molecule has 1 aliphatic heterocycles. The molecule has 1 saturated heterocycles. The monoisotopic (exact) mass is 358 g/mol. The van der Waals surface area contributed by atoms with Crippen LogP contribution in [0, 0.1) is 5.82 Å². The van der Waals surface area contributed by atoms with Gasteiger partial charge in [0.15, 0.2) is 11.5 Å². The van der Waals surface area contributed by atoms with Crippen molar-refractivity contribution in [1.82, 2.24) is 4.90 Å². The largest absolute Gasteiger partial charge is 0.493 e. The summed E-state index contributed by atoms with van der Waals surface area (Å²) in [5, 5.41) is 0. The fourth-order valence-corrected chi connectivity index (χ4v) is 3.55. The van der Waals surface area contributed by atoms with Gasteiger partial charge in [0.2, 0.25) is 0 Å². The Morgan fingerprint density at radius 1 is 0.923 bits per heavy atom. The maximum atomic E-state index is 13.1. The number of rotatable bonds is 6. The molecule has 3 rings (SSSR count). The molecule has 0 amide bonds. The zero-order valence-electron chi connectivity index (χ0n) is 15.7. The summed E-state index contributed by atoms with van der Waals surface area (Å²) in [5.41, 5.74) is 2.34. The first-order chi connectivity index (χ1) is 12.6. The van der Waals surface area contributed by atoms with E-state index >= 15 is 0 Å². The highest BCUT2D eigenvalue weighted by Gasteiger charge is 2.21. The van der Waals surface area contributed by atoms with Crippen molar-refractivity contribution in [1.29, 1.82) is 0 Å². The molecule has 2 aromatic rings. The number of halogens is 1. The third-order valence-corrected chi connectivity index (χ3v) is 5.11. The molecule has 5 heteroatoms. The normalized spacial score (nSPS) is 16.4. The van der Waals surface area contributed by atoms with Crippen molar-refractivity contribution >= 4 is 5.69 Å². The minimum absolute atomic E-state index is 0.184. The molecular weight excluding hydrogens is 331 g/mol. The minimum atomic E-state index is -0.184. The van der Waals surface area contributed by atoms with Crippen LogP contribution < -0.4 is 14.4 Å². The lowest BCUT2D eigenvalue weighted by atomic mass is 10.0. The fourth-order valence-electron chi connectivity index (χ4n) is 3.55. The van der Waals surface area contributed by atoms with Gasteiger partial charge in [-0.15, -0.1) is 0 Å². The summed E-state index contributed by atoms with van der Waals surface area (Å²) in [6, 6.07) is 13.4. The molecule has 1 fully saturated rings. The van der Waals surface area contributed by atoms with E-state index in [4.69, 9.17) is 9.47 Å². The van der Waals surface area contributed by atoms with Crippen molar-refractivity contribution in [2.24, 2.45) is 0 Å². The summed E-state index contributed by atoms with van der Waals surface area (Å²) in [6.07, 6.45) is 0.969. The molecule has 26 heavy (non-hydrogen) atoms. The van der Waals surface area contributed by atoms with Crippen LogP contribution >= 0.6 is 0 Å². The molecule has 0 radical (unpaired) electrons. The van der Waals surface area contributed by atoms with E-state index in [0.717, 1.165) is 49.8 Å². The lowest BCUT2D eigenvalue weighted by molar-refractivity contribution is 0.196. The summed E-state index contributed by atoms with van der Waals surface area (Å²) in [6.45, 7) is 6.20. The maximum absolute atomic E-state index is 13.1. The molecule has 1 atom stereocenters. The maximum Gasteiger partial charge on any atom is 0.160 e. The Labute approximate surface area is 155 Å². The Bertz CT molecular complexity index is 712. The molecule has 0 saturated carbocycles. The standard InChI is InChI=1S/C21H27FN2O2/c1-16(14-17-4-9-20(25-2)21(15-17)26-3)23-10-12-24(13-11-23)19-7-5-18(22)6-8-19/h4-9,15-16H,10-14H2,1-3H3/t16-/m0/s1. The van der Waals surface area contributed by atoms with Crippen molar-refractivity contribution in [2.75, 3.05) is 45.3 Å². The number of nitrogens with zero attached hydrogens (tertiary/aromatic N) is 2. The van der Waals surface area contributed by atoms with Crippen molar-refractivity contribution < 1.29 is 13.9 Å². The summed E-state index contributed by atoms with van der Waals surface area (Å²) < 4.78 is 23.8. The topological polar surface area (TPSA) is 24.9 Å². The van der Waals surface area contributed by atoms with Crippen molar-refractivity contribution in [3.05, 3.63) is 53.8 Å².